The van der Waals surface area contributed by atoms with Crippen molar-refractivity contribution in [3.05, 3.63) is 17.3 Å². The van der Waals surface area contributed by atoms with E-state index in [4.69, 9.17) is 9.15 Å². The minimum absolute atomic E-state index is 0.453. The van der Waals surface area contributed by atoms with Crippen LogP contribution >= 0.6 is 0 Å². The van der Waals surface area contributed by atoms with Gasteiger partial charge in [0.2, 0.25) is 5.89 Å². The lowest BCUT2D eigenvalue weighted by Crippen LogP contribution is -2.26. The third kappa shape index (κ3) is 4.44. The summed E-state index contributed by atoms with van der Waals surface area (Å²) in [6, 6.07) is 0.500. The van der Waals surface area contributed by atoms with Gasteiger partial charge in [0, 0.05) is 12.6 Å². The lowest BCUT2D eigenvalue weighted by Gasteiger charge is -2.07. The zero-order valence-corrected chi connectivity index (χ0v) is 9.96. The molecule has 86 valence electrons. The first-order chi connectivity index (χ1) is 7.09. The van der Waals surface area contributed by atoms with Crippen LogP contribution in [0.15, 0.2) is 4.42 Å². The van der Waals surface area contributed by atoms with Crippen LogP contribution in [0.1, 0.15) is 31.2 Å². The average molecular weight is 212 g/mol. The number of nitrogens with one attached hydrogen (secondary N) is 1. The number of hydrogen-bond donors (Lipinski definition) is 1. The molecular weight excluding hydrogens is 192 g/mol. The molecule has 1 heterocycles. The van der Waals surface area contributed by atoms with E-state index in [0.29, 0.717) is 25.1 Å². The van der Waals surface area contributed by atoms with Gasteiger partial charge in [0.15, 0.2) is 0 Å². The van der Waals surface area contributed by atoms with Gasteiger partial charge in [-0.3, -0.25) is 0 Å². The third-order valence-electron chi connectivity index (χ3n) is 2.10. The molecule has 4 nitrogen and oxygen atoms in total. The van der Waals surface area contributed by atoms with E-state index in [1.165, 1.54) is 0 Å². The molecule has 0 aliphatic carbocycles. The second-order valence-electron chi connectivity index (χ2n) is 3.91. The maximum atomic E-state index is 5.42. The van der Waals surface area contributed by atoms with E-state index in [1.54, 1.807) is 0 Å². The number of rotatable bonds is 6. The van der Waals surface area contributed by atoms with Crippen molar-refractivity contribution in [2.45, 2.75) is 40.3 Å². The van der Waals surface area contributed by atoms with Crippen molar-refractivity contribution in [1.82, 2.24) is 10.3 Å². The minimum Gasteiger partial charge on any atom is -0.443 e. The van der Waals surface area contributed by atoms with Gasteiger partial charge in [-0.25, -0.2) is 4.98 Å². The summed E-state index contributed by atoms with van der Waals surface area (Å²) < 4.78 is 10.8. The standard InChI is InChI=1S/C11H20N2O2/c1-8(2)12-5-6-14-7-11-13-9(3)10(4)15-11/h8,12H,5-7H2,1-4H3. The van der Waals surface area contributed by atoms with Crippen LogP contribution in [-0.2, 0) is 11.3 Å². The minimum atomic E-state index is 0.453. The average Bonchev–Trinajstić information content (AvgIpc) is 2.45. The normalized spacial score (nSPS) is 11.3. The van der Waals surface area contributed by atoms with E-state index in [1.807, 2.05) is 13.8 Å². The molecule has 1 aromatic rings. The molecule has 0 spiro atoms. The Labute approximate surface area is 91.0 Å². The van der Waals surface area contributed by atoms with E-state index in [9.17, 15) is 0 Å². The van der Waals surface area contributed by atoms with Crippen molar-refractivity contribution in [3.63, 3.8) is 0 Å². The highest BCUT2D eigenvalue weighted by molar-refractivity contribution is 5.04. The van der Waals surface area contributed by atoms with Gasteiger partial charge in [0.05, 0.1) is 12.3 Å². The SMILES string of the molecule is Cc1nc(COCCNC(C)C)oc1C. The van der Waals surface area contributed by atoms with Crippen molar-refractivity contribution >= 4 is 0 Å². The Kier molecular flexibility index (Phi) is 4.78. The molecule has 0 aliphatic heterocycles. The van der Waals surface area contributed by atoms with Gasteiger partial charge in [0.1, 0.15) is 12.4 Å². The third-order valence-corrected chi connectivity index (χ3v) is 2.10. The maximum absolute atomic E-state index is 5.42. The molecular formula is C11H20N2O2. The zero-order valence-electron chi connectivity index (χ0n) is 9.96. The van der Waals surface area contributed by atoms with Gasteiger partial charge in [-0.05, 0) is 13.8 Å². The second kappa shape index (κ2) is 5.88. The number of nitrogens with zero attached hydrogens (tertiary/aromatic N) is 1. The smallest absolute Gasteiger partial charge is 0.220 e. The molecule has 0 fully saturated rings. The Hall–Kier alpha value is -0.870. The molecule has 15 heavy (non-hydrogen) atoms. The molecule has 0 aliphatic rings. The molecule has 0 radical (unpaired) electrons. The summed E-state index contributed by atoms with van der Waals surface area (Å²) in [6.45, 7) is 10.1. The van der Waals surface area contributed by atoms with Gasteiger partial charge in [-0.1, -0.05) is 13.8 Å². The summed E-state index contributed by atoms with van der Waals surface area (Å²) in [5.74, 6) is 1.53. The molecule has 0 saturated carbocycles. The van der Waals surface area contributed by atoms with Crippen molar-refractivity contribution in [2.24, 2.45) is 0 Å². The van der Waals surface area contributed by atoms with Crippen molar-refractivity contribution in [1.29, 1.82) is 0 Å². The van der Waals surface area contributed by atoms with E-state index >= 15 is 0 Å². The summed E-state index contributed by atoms with van der Waals surface area (Å²) in [6.07, 6.45) is 0. The summed E-state index contributed by atoms with van der Waals surface area (Å²) in [5.41, 5.74) is 0.939. The van der Waals surface area contributed by atoms with Crippen LogP contribution in [0.2, 0.25) is 0 Å². The van der Waals surface area contributed by atoms with Crippen molar-refractivity contribution < 1.29 is 9.15 Å². The molecule has 0 unspecified atom stereocenters. The van der Waals surface area contributed by atoms with Crippen LogP contribution in [0.4, 0.5) is 0 Å². The van der Waals surface area contributed by atoms with Crippen LogP contribution in [0.25, 0.3) is 0 Å². The van der Waals surface area contributed by atoms with Crippen molar-refractivity contribution in [3.8, 4) is 0 Å². The maximum Gasteiger partial charge on any atom is 0.220 e. The first-order valence-corrected chi connectivity index (χ1v) is 5.33. The number of oxazole rings is 1. The molecule has 0 saturated heterocycles. The van der Waals surface area contributed by atoms with Crippen LogP contribution in [0.5, 0.6) is 0 Å². The fourth-order valence-corrected chi connectivity index (χ4v) is 1.18. The van der Waals surface area contributed by atoms with Crippen molar-refractivity contribution in [2.75, 3.05) is 13.2 Å². The first kappa shape index (κ1) is 12.2. The Balaban J connectivity index is 2.15. The molecule has 1 rings (SSSR count). The first-order valence-electron chi connectivity index (χ1n) is 5.33. The van der Waals surface area contributed by atoms with Gasteiger partial charge in [0.25, 0.3) is 0 Å². The van der Waals surface area contributed by atoms with Crippen LogP contribution < -0.4 is 5.32 Å². The van der Waals surface area contributed by atoms with E-state index in [-0.39, 0.29) is 0 Å². The predicted octanol–water partition coefficient (Wildman–Crippen LogP) is 1.81. The fraction of sp³-hybridized carbons (Fsp3) is 0.727. The van der Waals surface area contributed by atoms with Crippen LogP contribution in [0.3, 0.4) is 0 Å². The van der Waals surface area contributed by atoms with E-state index in [0.717, 1.165) is 18.0 Å². The Morgan fingerprint density at radius 2 is 2.13 bits per heavy atom. The predicted molar refractivity (Wildman–Crippen MR) is 58.8 cm³/mol. The highest BCUT2D eigenvalue weighted by Crippen LogP contribution is 2.08. The summed E-state index contributed by atoms with van der Waals surface area (Å²) >= 11 is 0. The quantitative estimate of drug-likeness (QED) is 0.730. The monoisotopic (exact) mass is 212 g/mol. The highest BCUT2D eigenvalue weighted by Gasteiger charge is 2.04. The molecule has 4 heteroatoms. The lowest BCUT2D eigenvalue weighted by atomic mass is 10.4. The number of aryl methyl sites for hydroxylation is 2. The Bertz CT molecular complexity index is 275. The molecule has 1 aromatic heterocycles. The molecule has 1 N–H and O–H groups in total. The largest absolute Gasteiger partial charge is 0.443 e. The summed E-state index contributed by atoms with van der Waals surface area (Å²) in [7, 11) is 0. The molecule has 0 atom stereocenters. The second-order valence-corrected chi connectivity index (χ2v) is 3.91. The van der Waals surface area contributed by atoms with Gasteiger partial charge >= 0.3 is 0 Å². The van der Waals surface area contributed by atoms with E-state index in [2.05, 4.69) is 24.1 Å². The van der Waals surface area contributed by atoms with Gasteiger partial charge < -0.3 is 14.5 Å². The van der Waals surface area contributed by atoms with Gasteiger partial charge in [-0.2, -0.15) is 0 Å². The highest BCUT2D eigenvalue weighted by atomic mass is 16.5. The zero-order chi connectivity index (χ0) is 11.3. The molecule has 0 aromatic carbocycles. The number of ether oxygens (including phenoxy) is 1. The van der Waals surface area contributed by atoms with Crippen LogP contribution in [0, 0.1) is 13.8 Å². The summed E-state index contributed by atoms with van der Waals surface area (Å²) in [5, 5.41) is 3.27. The number of hydrogen-bond acceptors (Lipinski definition) is 4. The Morgan fingerprint density at radius 1 is 1.40 bits per heavy atom. The fourth-order valence-electron chi connectivity index (χ4n) is 1.18. The van der Waals surface area contributed by atoms with Crippen LogP contribution in [-0.4, -0.2) is 24.2 Å². The number of aromatic nitrogens is 1. The topological polar surface area (TPSA) is 47.3 Å². The lowest BCUT2D eigenvalue weighted by molar-refractivity contribution is 0.103. The molecule has 0 amide bonds. The molecule has 0 bridgehead atoms. The van der Waals surface area contributed by atoms with Gasteiger partial charge in [-0.15, -0.1) is 0 Å². The van der Waals surface area contributed by atoms with E-state index < -0.39 is 0 Å². The summed E-state index contributed by atoms with van der Waals surface area (Å²) in [4.78, 5) is 4.23. The Morgan fingerprint density at radius 3 is 2.67 bits per heavy atom.